The van der Waals surface area contributed by atoms with E-state index >= 15 is 0 Å². The second-order valence-electron chi connectivity index (χ2n) is 5.86. The molecule has 3 rings (SSSR count). The lowest BCUT2D eigenvalue weighted by Crippen LogP contribution is -2.31. The van der Waals surface area contributed by atoms with Crippen molar-refractivity contribution in [3.63, 3.8) is 0 Å². The lowest BCUT2D eigenvalue weighted by molar-refractivity contribution is -0.150. The van der Waals surface area contributed by atoms with Crippen molar-refractivity contribution in [1.82, 2.24) is 14.3 Å². The Kier molecular flexibility index (Phi) is 4.85. The highest BCUT2D eigenvalue weighted by Crippen LogP contribution is 2.54. The number of methoxy groups -OCH3 is 1. The van der Waals surface area contributed by atoms with Gasteiger partial charge in [-0.2, -0.15) is 13.2 Å². The number of ether oxygens (including phenoxy) is 1. The average Bonchev–Trinajstić information content (AvgIpc) is 3.31. The minimum absolute atomic E-state index is 0.178. The molecule has 27 heavy (non-hydrogen) atoms. The lowest BCUT2D eigenvalue weighted by atomic mass is 10.3. The van der Waals surface area contributed by atoms with E-state index in [4.69, 9.17) is 16.3 Å². The van der Waals surface area contributed by atoms with Crippen LogP contribution in [0.15, 0.2) is 35.5 Å². The number of halogens is 4. The Hall–Kier alpha value is -2.27. The molecule has 7 nitrogen and oxygen atoms in total. The molecule has 146 valence electrons. The van der Waals surface area contributed by atoms with Gasteiger partial charge in [-0.25, -0.2) is 18.1 Å². The number of nitrogens with one attached hydrogen (secondary N) is 1. The number of amides is 1. The molecule has 1 amide bonds. The monoisotopic (exact) mass is 423 g/mol. The molecule has 2 unspecified atom stereocenters. The highest BCUT2D eigenvalue weighted by Gasteiger charge is 2.57. The molecule has 1 N–H and O–H groups in total. The van der Waals surface area contributed by atoms with Crippen molar-refractivity contribution in [1.29, 1.82) is 0 Å². The molecule has 2 atom stereocenters. The number of carbonyl (C=O) groups excluding carboxylic acids is 1. The quantitative estimate of drug-likeness (QED) is 0.798. The van der Waals surface area contributed by atoms with Gasteiger partial charge in [0.2, 0.25) is 0 Å². The molecule has 1 saturated carbocycles. The number of benzene rings is 1. The van der Waals surface area contributed by atoms with E-state index in [9.17, 15) is 26.4 Å². The zero-order valence-electron chi connectivity index (χ0n) is 13.7. The third kappa shape index (κ3) is 3.88. The molecule has 0 bridgehead atoms. The number of hydrogen-bond acceptors (Lipinski definition) is 5. The summed E-state index contributed by atoms with van der Waals surface area (Å²) in [6.45, 7) is 0. The van der Waals surface area contributed by atoms with Gasteiger partial charge in [0.25, 0.3) is 15.9 Å². The fourth-order valence-electron chi connectivity index (χ4n) is 2.57. The van der Waals surface area contributed by atoms with Gasteiger partial charge in [-0.1, -0.05) is 17.7 Å². The van der Waals surface area contributed by atoms with Crippen molar-refractivity contribution in [3.05, 3.63) is 41.4 Å². The summed E-state index contributed by atoms with van der Waals surface area (Å²) in [6.07, 6.45) is -3.56. The summed E-state index contributed by atoms with van der Waals surface area (Å²) in [5.41, 5.74) is -0.476. The summed E-state index contributed by atoms with van der Waals surface area (Å²) >= 11 is 5.95. The van der Waals surface area contributed by atoms with Gasteiger partial charge in [-0.3, -0.25) is 4.79 Å². The summed E-state index contributed by atoms with van der Waals surface area (Å²) in [5, 5.41) is -0.356. The zero-order chi connectivity index (χ0) is 20.0. The van der Waals surface area contributed by atoms with Crippen LogP contribution in [-0.4, -0.2) is 37.2 Å². The first-order valence-corrected chi connectivity index (χ1v) is 9.41. The first-order chi connectivity index (χ1) is 12.5. The summed E-state index contributed by atoms with van der Waals surface area (Å²) in [7, 11) is -2.90. The number of sulfonamides is 1. The number of aromatic nitrogens is 2. The van der Waals surface area contributed by atoms with Crippen LogP contribution in [0, 0.1) is 5.92 Å². The minimum Gasteiger partial charge on any atom is -0.497 e. The molecule has 12 heteroatoms. The van der Waals surface area contributed by atoms with E-state index in [2.05, 4.69) is 4.98 Å². The minimum atomic E-state index is -4.38. The highest BCUT2D eigenvalue weighted by atomic mass is 35.5. The summed E-state index contributed by atoms with van der Waals surface area (Å²) < 4.78 is 70.5. The Balaban J connectivity index is 1.79. The van der Waals surface area contributed by atoms with Crippen LogP contribution in [0.3, 0.4) is 0 Å². The van der Waals surface area contributed by atoms with Crippen molar-refractivity contribution in [3.8, 4) is 5.75 Å². The van der Waals surface area contributed by atoms with E-state index in [1.54, 1.807) is 4.72 Å². The van der Waals surface area contributed by atoms with Gasteiger partial charge in [0, 0.05) is 12.1 Å². The Morgan fingerprint density at radius 1 is 1.41 bits per heavy atom. The van der Waals surface area contributed by atoms with Crippen LogP contribution < -0.4 is 9.46 Å². The summed E-state index contributed by atoms with van der Waals surface area (Å²) in [6, 6.07) is 4.43. The van der Waals surface area contributed by atoms with Gasteiger partial charge in [-0.15, -0.1) is 0 Å². The van der Waals surface area contributed by atoms with Crippen molar-refractivity contribution in [2.45, 2.75) is 23.5 Å². The van der Waals surface area contributed by atoms with E-state index in [0.29, 0.717) is 0 Å². The van der Waals surface area contributed by atoms with E-state index in [-0.39, 0.29) is 22.2 Å². The van der Waals surface area contributed by atoms with Crippen LogP contribution in [0.2, 0.25) is 5.15 Å². The van der Waals surface area contributed by atoms with Crippen LogP contribution in [0.25, 0.3) is 0 Å². The molecule has 0 radical (unpaired) electrons. The molecule has 1 aromatic carbocycles. The first-order valence-electron chi connectivity index (χ1n) is 7.55. The van der Waals surface area contributed by atoms with Gasteiger partial charge in [-0.05, 0) is 18.6 Å². The fraction of sp³-hybridized carbons (Fsp3) is 0.333. The van der Waals surface area contributed by atoms with Crippen molar-refractivity contribution >= 4 is 27.5 Å². The van der Waals surface area contributed by atoms with Crippen LogP contribution >= 0.6 is 11.6 Å². The van der Waals surface area contributed by atoms with E-state index in [0.717, 1.165) is 10.9 Å². The third-order valence-corrected chi connectivity index (χ3v) is 5.76. The molecular formula is C15H13ClF3N3O4S. The Bertz CT molecular complexity index is 990. The number of imidazole rings is 1. The number of alkyl halides is 3. The van der Waals surface area contributed by atoms with Crippen molar-refractivity contribution in [2.75, 3.05) is 7.11 Å². The highest BCUT2D eigenvalue weighted by molar-refractivity contribution is 7.90. The maximum Gasteiger partial charge on any atom is 0.393 e. The third-order valence-electron chi connectivity index (χ3n) is 4.06. The molecular weight excluding hydrogens is 411 g/mol. The van der Waals surface area contributed by atoms with Crippen LogP contribution in [0.4, 0.5) is 13.2 Å². The smallest absolute Gasteiger partial charge is 0.393 e. The largest absolute Gasteiger partial charge is 0.497 e. The molecule has 0 saturated heterocycles. The molecule has 1 aromatic heterocycles. The predicted octanol–water partition coefficient (Wildman–Crippen LogP) is 2.79. The number of nitrogens with zero attached hydrogens (tertiary/aromatic N) is 2. The SMILES string of the molecule is COc1cccc(S(=O)(=O)NC(=O)c2ncn(C3CC3C(F)(F)F)c2Cl)c1. The molecule has 1 fully saturated rings. The molecule has 0 spiro atoms. The lowest BCUT2D eigenvalue weighted by Gasteiger charge is -2.08. The van der Waals surface area contributed by atoms with Crippen molar-refractivity contribution < 1.29 is 31.1 Å². The Labute approximate surface area is 157 Å². The maximum atomic E-state index is 12.7. The van der Waals surface area contributed by atoms with Crippen LogP contribution in [0.5, 0.6) is 5.75 Å². The van der Waals surface area contributed by atoms with Gasteiger partial charge in [0.05, 0.1) is 24.3 Å². The van der Waals surface area contributed by atoms with E-state index in [1.165, 1.54) is 31.4 Å². The summed E-state index contributed by atoms with van der Waals surface area (Å²) in [4.78, 5) is 15.7. The standard InChI is InChI=1S/C15H13ClF3N3O4S/c1-26-8-3-2-4-9(5-8)27(24,25)21-14(23)12-13(16)22(7-20-12)11-6-10(11)15(17,18)19/h2-5,7,10-11H,6H2,1H3,(H,21,23). The molecule has 1 aliphatic rings. The van der Waals surface area contributed by atoms with Gasteiger partial charge >= 0.3 is 6.18 Å². The van der Waals surface area contributed by atoms with E-state index in [1.807, 2.05) is 0 Å². The first kappa shape index (κ1) is 19.5. The van der Waals surface area contributed by atoms with Crippen LogP contribution in [0.1, 0.15) is 23.0 Å². The average molecular weight is 424 g/mol. The number of rotatable bonds is 5. The predicted molar refractivity (Wildman–Crippen MR) is 88.1 cm³/mol. The number of carbonyl (C=O) groups is 1. The Morgan fingerprint density at radius 2 is 2.11 bits per heavy atom. The molecule has 2 aromatic rings. The molecule has 1 heterocycles. The molecule has 0 aliphatic heterocycles. The zero-order valence-corrected chi connectivity index (χ0v) is 15.3. The summed E-state index contributed by atoms with van der Waals surface area (Å²) in [5.74, 6) is -2.45. The van der Waals surface area contributed by atoms with Gasteiger partial charge in [0.15, 0.2) is 5.69 Å². The normalized spacial score (nSPS) is 19.6. The topological polar surface area (TPSA) is 90.3 Å². The molecule has 1 aliphatic carbocycles. The second-order valence-corrected chi connectivity index (χ2v) is 7.90. The van der Waals surface area contributed by atoms with Gasteiger partial charge < -0.3 is 9.30 Å². The number of hydrogen-bond donors (Lipinski definition) is 1. The van der Waals surface area contributed by atoms with E-state index < -0.39 is 39.8 Å². The Morgan fingerprint density at radius 3 is 2.70 bits per heavy atom. The maximum absolute atomic E-state index is 12.7. The fourth-order valence-corrected chi connectivity index (χ4v) is 3.86. The van der Waals surface area contributed by atoms with Gasteiger partial charge in [0.1, 0.15) is 10.9 Å². The van der Waals surface area contributed by atoms with Crippen molar-refractivity contribution in [2.24, 2.45) is 5.92 Å². The van der Waals surface area contributed by atoms with Crippen LogP contribution in [-0.2, 0) is 10.0 Å². The second kappa shape index (κ2) is 6.71.